The van der Waals surface area contributed by atoms with Gasteiger partial charge >= 0.3 is 0 Å². The molecular formula is C9H9NO2. The Bertz CT molecular complexity index is 316. The second-order valence-corrected chi connectivity index (χ2v) is 2.49. The van der Waals surface area contributed by atoms with Crippen LogP contribution in [0.25, 0.3) is 0 Å². The zero-order valence-electron chi connectivity index (χ0n) is 6.69. The van der Waals surface area contributed by atoms with Gasteiger partial charge in [0.25, 0.3) is 0 Å². The molecule has 0 amide bonds. The van der Waals surface area contributed by atoms with Gasteiger partial charge in [0.05, 0.1) is 6.04 Å². The topological polar surface area (TPSA) is 49.7 Å². The van der Waals surface area contributed by atoms with E-state index in [0.717, 1.165) is 5.56 Å². The van der Waals surface area contributed by atoms with Crippen molar-refractivity contribution in [2.75, 3.05) is 0 Å². The van der Waals surface area contributed by atoms with Crippen LogP contribution >= 0.6 is 0 Å². The van der Waals surface area contributed by atoms with Crippen LogP contribution < -0.4 is 0 Å². The number of aliphatic imine (C=N–C) groups is 1. The third kappa shape index (κ3) is 1.94. The van der Waals surface area contributed by atoms with Crippen molar-refractivity contribution in [1.82, 2.24) is 0 Å². The zero-order valence-corrected chi connectivity index (χ0v) is 6.69. The lowest BCUT2D eigenvalue weighted by Gasteiger charge is -2.03. The molecule has 12 heavy (non-hydrogen) atoms. The highest BCUT2D eigenvalue weighted by atomic mass is 16.3. The van der Waals surface area contributed by atoms with Gasteiger partial charge in [-0.15, -0.1) is 0 Å². The number of phenolic OH excluding ortho intramolecular Hbond substituents is 1. The molecule has 0 spiro atoms. The molecule has 3 heteroatoms. The van der Waals surface area contributed by atoms with Gasteiger partial charge in [-0.05, 0) is 24.6 Å². The quantitative estimate of drug-likeness (QED) is 0.533. The molecule has 0 bridgehead atoms. The van der Waals surface area contributed by atoms with Crippen molar-refractivity contribution in [1.29, 1.82) is 0 Å². The lowest BCUT2D eigenvalue weighted by atomic mass is 10.1. The fraction of sp³-hybridized carbons (Fsp3) is 0.222. The number of phenols is 1. The van der Waals surface area contributed by atoms with E-state index in [1.807, 2.05) is 0 Å². The highest BCUT2D eigenvalue weighted by Crippen LogP contribution is 2.19. The van der Waals surface area contributed by atoms with Crippen LogP contribution in [0.15, 0.2) is 29.3 Å². The van der Waals surface area contributed by atoms with Gasteiger partial charge in [0.1, 0.15) is 5.75 Å². The van der Waals surface area contributed by atoms with Gasteiger partial charge in [-0.2, -0.15) is 4.99 Å². The fourth-order valence-electron chi connectivity index (χ4n) is 0.938. The summed E-state index contributed by atoms with van der Waals surface area (Å²) in [6.07, 6.45) is 1.48. The lowest BCUT2D eigenvalue weighted by Crippen LogP contribution is -1.87. The highest BCUT2D eigenvalue weighted by Gasteiger charge is 2.02. The van der Waals surface area contributed by atoms with Crippen LogP contribution in [0.5, 0.6) is 5.75 Å². The van der Waals surface area contributed by atoms with E-state index >= 15 is 0 Å². The molecule has 3 nitrogen and oxygen atoms in total. The summed E-state index contributed by atoms with van der Waals surface area (Å²) in [5.74, 6) is 0.181. The van der Waals surface area contributed by atoms with E-state index in [-0.39, 0.29) is 11.8 Å². The molecule has 1 aromatic carbocycles. The van der Waals surface area contributed by atoms with Gasteiger partial charge in [0.2, 0.25) is 6.08 Å². The molecule has 0 aliphatic heterocycles. The summed E-state index contributed by atoms with van der Waals surface area (Å²) in [4.78, 5) is 13.4. The largest absolute Gasteiger partial charge is 0.508 e. The van der Waals surface area contributed by atoms with Gasteiger partial charge in [0, 0.05) is 0 Å². The standard InChI is InChI=1S/C9H9NO2/c1-7(10-6-11)8-3-2-4-9(12)5-8/h2-5,7,12H,1H3/t7-/m1/s1. The highest BCUT2D eigenvalue weighted by molar-refractivity contribution is 5.36. The number of isocyanates is 1. The molecule has 0 aromatic heterocycles. The molecule has 0 unspecified atom stereocenters. The summed E-state index contributed by atoms with van der Waals surface area (Å²) in [6.45, 7) is 1.76. The molecule has 1 atom stereocenters. The Morgan fingerprint density at radius 3 is 2.92 bits per heavy atom. The van der Waals surface area contributed by atoms with E-state index in [0.29, 0.717) is 0 Å². The maximum absolute atomic E-state index is 9.92. The fourth-order valence-corrected chi connectivity index (χ4v) is 0.938. The molecule has 0 fully saturated rings. The first-order chi connectivity index (χ1) is 5.74. The Labute approximate surface area is 70.4 Å². The summed E-state index contributed by atoms with van der Waals surface area (Å²) in [5, 5.41) is 9.09. The second kappa shape index (κ2) is 3.69. The van der Waals surface area contributed by atoms with Gasteiger partial charge in [-0.25, -0.2) is 4.79 Å². The molecular weight excluding hydrogens is 154 g/mol. The predicted molar refractivity (Wildman–Crippen MR) is 44.6 cm³/mol. The number of carbonyl (C=O) groups excluding carboxylic acids is 1. The van der Waals surface area contributed by atoms with Gasteiger partial charge in [0.15, 0.2) is 0 Å². The van der Waals surface area contributed by atoms with Gasteiger partial charge < -0.3 is 5.11 Å². The Morgan fingerprint density at radius 1 is 1.58 bits per heavy atom. The van der Waals surface area contributed by atoms with Crippen LogP contribution in [0.4, 0.5) is 0 Å². The Morgan fingerprint density at radius 2 is 2.33 bits per heavy atom. The number of rotatable bonds is 2. The number of nitrogens with zero attached hydrogens (tertiary/aromatic N) is 1. The SMILES string of the molecule is C[C@@H](N=C=O)c1cccc(O)c1. The predicted octanol–water partition coefficient (Wildman–Crippen LogP) is 1.79. The molecule has 0 aliphatic rings. The van der Waals surface area contributed by atoms with Gasteiger partial charge in [-0.1, -0.05) is 12.1 Å². The first-order valence-electron chi connectivity index (χ1n) is 3.60. The van der Waals surface area contributed by atoms with E-state index in [1.54, 1.807) is 31.2 Å². The second-order valence-electron chi connectivity index (χ2n) is 2.49. The summed E-state index contributed by atoms with van der Waals surface area (Å²) in [6, 6.07) is 6.41. The number of hydrogen-bond acceptors (Lipinski definition) is 3. The van der Waals surface area contributed by atoms with Crippen LogP contribution in [0.3, 0.4) is 0 Å². The van der Waals surface area contributed by atoms with Crippen LogP contribution in [0.2, 0.25) is 0 Å². The van der Waals surface area contributed by atoms with Crippen LogP contribution in [-0.4, -0.2) is 11.2 Å². The normalized spacial score (nSPS) is 11.8. The third-order valence-corrected chi connectivity index (χ3v) is 1.60. The van der Waals surface area contributed by atoms with Crippen molar-refractivity contribution in [2.24, 2.45) is 4.99 Å². The smallest absolute Gasteiger partial charge is 0.235 e. The summed E-state index contributed by atoms with van der Waals surface area (Å²) < 4.78 is 0. The minimum Gasteiger partial charge on any atom is -0.508 e. The summed E-state index contributed by atoms with van der Waals surface area (Å²) >= 11 is 0. The molecule has 0 saturated heterocycles. The summed E-state index contributed by atoms with van der Waals surface area (Å²) in [5.41, 5.74) is 0.804. The molecule has 1 N–H and O–H groups in total. The van der Waals surface area contributed by atoms with E-state index < -0.39 is 0 Å². The molecule has 1 rings (SSSR count). The van der Waals surface area contributed by atoms with Crippen LogP contribution in [0, 0.1) is 0 Å². The van der Waals surface area contributed by atoms with E-state index in [4.69, 9.17) is 5.11 Å². The van der Waals surface area contributed by atoms with Crippen molar-refractivity contribution in [3.63, 3.8) is 0 Å². The van der Waals surface area contributed by atoms with E-state index in [2.05, 4.69) is 4.99 Å². The Kier molecular flexibility index (Phi) is 2.62. The van der Waals surface area contributed by atoms with Crippen molar-refractivity contribution in [2.45, 2.75) is 13.0 Å². The number of hydrogen-bond donors (Lipinski definition) is 1. The molecule has 0 radical (unpaired) electrons. The maximum atomic E-state index is 9.92. The van der Waals surface area contributed by atoms with Crippen molar-refractivity contribution >= 4 is 6.08 Å². The molecule has 0 aliphatic carbocycles. The van der Waals surface area contributed by atoms with Crippen molar-refractivity contribution < 1.29 is 9.90 Å². The molecule has 1 aromatic rings. The molecule has 0 heterocycles. The number of aromatic hydroxyl groups is 1. The first-order valence-corrected chi connectivity index (χ1v) is 3.60. The Hall–Kier alpha value is -1.60. The minimum absolute atomic E-state index is 0.181. The third-order valence-electron chi connectivity index (χ3n) is 1.60. The minimum atomic E-state index is -0.241. The molecule has 62 valence electrons. The van der Waals surface area contributed by atoms with Crippen molar-refractivity contribution in [3.8, 4) is 5.75 Å². The average Bonchev–Trinajstić information content (AvgIpc) is 2.05. The average molecular weight is 163 g/mol. The lowest BCUT2D eigenvalue weighted by molar-refractivity contribution is 0.474. The first kappa shape index (κ1) is 8.50. The Balaban J connectivity index is 2.94. The van der Waals surface area contributed by atoms with Crippen LogP contribution in [-0.2, 0) is 4.79 Å². The number of benzene rings is 1. The maximum Gasteiger partial charge on any atom is 0.235 e. The monoisotopic (exact) mass is 163 g/mol. The van der Waals surface area contributed by atoms with E-state index in [1.165, 1.54) is 6.08 Å². The summed E-state index contributed by atoms with van der Waals surface area (Å²) in [7, 11) is 0. The zero-order chi connectivity index (χ0) is 8.97. The van der Waals surface area contributed by atoms with Crippen LogP contribution in [0.1, 0.15) is 18.5 Å². The van der Waals surface area contributed by atoms with Gasteiger partial charge in [-0.3, -0.25) is 0 Å². The molecule has 0 saturated carbocycles. The van der Waals surface area contributed by atoms with E-state index in [9.17, 15) is 4.79 Å². The van der Waals surface area contributed by atoms with Crippen molar-refractivity contribution in [3.05, 3.63) is 29.8 Å².